The van der Waals surface area contributed by atoms with Gasteiger partial charge in [0.2, 0.25) is 0 Å². The molecule has 21 heavy (non-hydrogen) atoms. The van der Waals surface area contributed by atoms with Crippen LogP contribution in [-0.2, 0) is 6.42 Å². The Hall–Kier alpha value is -1.32. The van der Waals surface area contributed by atoms with Gasteiger partial charge < -0.3 is 10.1 Å². The Labute approximate surface area is 135 Å². The van der Waals surface area contributed by atoms with Crippen LogP contribution in [-0.4, -0.2) is 14.2 Å². The quantitative estimate of drug-likeness (QED) is 0.780. The van der Waals surface area contributed by atoms with Gasteiger partial charge in [-0.15, -0.1) is 0 Å². The van der Waals surface area contributed by atoms with Crippen LogP contribution in [0.25, 0.3) is 0 Å². The predicted molar refractivity (Wildman–Crippen MR) is 91.9 cm³/mol. The largest absolute Gasteiger partial charge is 0.496 e. The Morgan fingerprint density at radius 1 is 1.14 bits per heavy atom. The Morgan fingerprint density at radius 2 is 1.90 bits per heavy atom. The maximum atomic E-state index is 5.29. The van der Waals surface area contributed by atoms with Crippen molar-refractivity contribution in [3.05, 3.63) is 64.1 Å². The third kappa shape index (κ3) is 4.58. The molecule has 112 valence electrons. The molecule has 1 unspecified atom stereocenters. The molecular weight excluding hydrogens is 326 g/mol. The summed E-state index contributed by atoms with van der Waals surface area (Å²) in [6.07, 6.45) is 3.40. The highest BCUT2D eigenvalue weighted by Crippen LogP contribution is 2.29. The first-order chi connectivity index (χ1) is 10.2. The van der Waals surface area contributed by atoms with Crippen molar-refractivity contribution in [2.24, 2.45) is 0 Å². The van der Waals surface area contributed by atoms with Crippen LogP contribution in [0, 0.1) is 0 Å². The number of rotatable bonds is 7. The fourth-order valence-electron chi connectivity index (χ4n) is 2.53. The first kappa shape index (κ1) is 16.1. The van der Waals surface area contributed by atoms with E-state index in [9.17, 15) is 0 Å². The predicted octanol–water partition coefficient (Wildman–Crippen LogP) is 4.74. The van der Waals surface area contributed by atoms with Crippen LogP contribution < -0.4 is 10.1 Å². The standard InChI is InChI=1S/C18H22BrNO/c1-20-17(10-6-9-14-7-4-3-5-8-14)15-11-12-18(21-2)16(19)13-15/h3-5,7-8,11-13,17,20H,6,9-10H2,1-2H3. The highest BCUT2D eigenvalue weighted by Gasteiger charge is 2.11. The molecule has 0 saturated heterocycles. The monoisotopic (exact) mass is 347 g/mol. The highest BCUT2D eigenvalue weighted by molar-refractivity contribution is 9.10. The Bertz CT molecular complexity index is 556. The molecule has 0 amide bonds. The van der Waals surface area contributed by atoms with Gasteiger partial charge in [0.1, 0.15) is 5.75 Å². The van der Waals surface area contributed by atoms with Gasteiger partial charge in [-0.1, -0.05) is 36.4 Å². The van der Waals surface area contributed by atoms with Crippen LogP contribution >= 0.6 is 15.9 Å². The zero-order valence-corrected chi connectivity index (χ0v) is 14.2. The van der Waals surface area contributed by atoms with Gasteiger partial charge in [0.15, 0.2) is 0 Å². The number of aryl methyl sites for hydroxylation is 1. The Morgan fingerprint density at radius 3 is 2.52 bits per heavy atom. The molecule has 2 nitrogen and oxygen atoms in total. The van der Waals surface area contributed by atoms with E-state index in [1.54, 1.807) is 7.11 Å². The highest BCUT2D eigenvalue weighted by atomic mass is 79.9. The summed E-state index contributed by atoms with van der Waals surface area (Å²) in [5, 5.41) is 3.41. The van der Waals surface area contributed by atoms with Crippen molar-refractivity contribution >= 4 is 15.9 Å². The van der Waals surface area contributed by atoms with E-state index in [-0.39, 0.29) is 0 Å². The van der Waals surface area contributed by atoms with Gasteiger partial charge in [-0.25, -0.2) is 0 Å². The van der Waals surface area contributed by atoms with Gasteiger partial charge in [0.05, 0.1) is 11.6 Å². The molecule has 2 aromatic rings. The van der Waals surface area contributed by atoms with E-state index >= 15 is 0 Å². The minimum atomic E-state index is 0.371. The lowest BCUT2D eigenvalue weighted by molar-refractivity contribution is 0.411. The zero-order chi connectivity index (χ0) is 15.1. The molecule has 3 heteroatoms. The lowest BCUT2D eigenvalue weighted by Gasteiger charge is -2.17. The molecule has 0 heterocycles. The van der Waals surface area contributed by atoms with Crippen molar-refractivity contribution in [2.45, 2.75) is 25.3 Å². The van der Waals surface area contributed by atoms with Gasteiger partial charge >= 0.3 is 0 Å². The van der Waals surface area contributed by atoms with Crippen molar-refractivity contribution in [3.8, 4) is 5.75 Å². The molecule has 0 spiro atoms. The second-order valence-electron chi connectivity index (χ2n) is 5.11. The summed E-state index contributed by atoms with van der Waals surface area (Å²) in [7, 11) is 3.71. The Balaban J connectivity index is 1.95. The summed E-state index contributed by atoms with van der Waals surface area (Å²) in [5.74, 6) is 0.873. The molecule has 0 aliphatic carbocycles. The third-order valence-electron chi connectivity index (χ3n) is 3.73. The number of halogens is 1. The molecular formula is C18H22BrNO. The van der Waals surface area contributed by atoms with Gasteiger partial charge in [-0.3, -0.25) is 0 Å². The van der Waals surface area contributed by atoms with E-state index in [4.69, 9.17) is 4.74 Å². The number of hydrogen-bond acceptors (Lipinski definition) is 2. The number of benzene rings is 2. The van der Waals surface area contributed by atoms with Crippen LogP contribution in [0.15, 0.2) is 53.0 Å². The van der Waals surface area contributed by atoms with Gasteiger partial charge in [-0.2, -0.15) is 0 Å². The van der Waals surface area contributed by atoms with Crippen LogP contribution in [0.4, 0.5) is 0 Å². The molecule has 0 aliphatic rings. The summed E-state index contributed by atoms with van der Waals surface area (Å²) in [6, 6.07) is 17.3. The minimum absolute atomic E-state index is 0.371. The molecule has 1 atom stereocenters. The second-order valence-corrected chi connectivity index (χ2v) is 5.97. The number of hydrogen-bond donors (Lipinski definition) is 1. The summed E-state index contributed by atoms with van der Waals surface area (Å²) in [4.78, 5) is 0. The first-order valence-corrected chi connectivity index (χ1v) is 8.08. The van der Waals surface area contributed by atoms with Crippen LogP contribution in [0.3, 0.4) is 0 Å². The van der Waals surface area contributed by atoms with Crippen molar-refractivity contribution < 1.29 is 4.74 Å². The molecule has 0 aliphatic heterocycles. The molecule has 2 aromatic carbocycles. The molecule has 1 N–H and O–H groups in total. The normalized spacial score (nSPS) is 12.1. The number of methoxy groups -OCH3 is 1. The van der Waals surface area contributed by atoms with Crippen LogP contribution in [0.5, 0.6) is 5.75 Å². The van der Waals surface area contributed by atoms with Gasteiger partial charge in [-0.05, 0) is 65.5 Å². The molecule has 0 aromatic heterocycles. The minimum Gasteiger partial charge on any atom is -0.496 e. The molecule has 2 rings (SSSR count). The molecule has 0 radical (unpaired) electrons. The van der Waals surface area contributed by atoms with Gasteiger partial charge in [0, 0.05) is 6.04 Å². The maximum Gasteiger partial charge on any atom is 0.133 e. The van der Waals surface area contributed by atoms with E-state index < -0.39 is 0 Å². The van der Waals surface area contributed by atoms with Crippen LogP contribution in [0.2, 0.25) is 0 Å². The van der Waals surface area contributed by atoms with E-state index in [1.165, 1.54) is 17.5 Å². The molecule has 0 fully saturated rings. The maximum absolute atomic E-state index is 5.29. The average Bonchev–Trinajstić information content (AvgIpc) is 2.52. The fourth-order valence-corrected chi connectivity index (χ4v) is 3.09. The third-order valence-corrected chi connectivity index (χ3v) is 4.35. The van der Waals surface area contributed by atoms with Crippen molar-refractivity contribution in [1.82, 2.24) is 5.32 Å². The van der Waals surface area contributed by atoms with E-state index in [2.05, 4.69) is 63.7 Å². The van der Waals surface area contributed by atoms with Crippen LogP contribution in [0.1, 0.15) is 30.0 Å². The number of ether oxygens (including phenoxy) is 1. The molecule has 0 bridgehead atoms. The zero-order valence-electron chi connectivity index (χ0n) is 12.6. The summed E-state index contributed by atoms with van der Waals surface area (Å²) >= 11 is 3.56. The first-order valence-electron chi connectivity index (χ1n) is 7.29. The summed E-state index contributed by atoms with van der Waals surface area (Å²) in [5.41, 5.74) is 2.70. The van der Waals surface area contributed by atoms with Crippen molar-refractivity contribution in [1.29, 1.82) is 0 Å². The smallest absolute Gasteiger partial charge is 0.133 e. The average molecular weight is 348 g/mol. The van der Waals surface area contributed by atoms with E-state index in [1.807, 2.05) is 13.1 Å². The number of nitrogens with one attached hydrogen (secondary N) is 1. The summed E-state index contributed by atoms with van der Waals surface area (Å²) in [6.45, 7) is 0. The topological polar surface area (TPSA) is 21.3 Å². The summed E-state index contributed by atoms with van der Waals surface area (Å²) < 4.78 is 6.29. The SMILES string of the molecule is CNC(CCCc1ccccc1)c1ccc(OC)c(Br)c1. The molecule has 0 saturated carbocycles. The lowest BCUT2D eigenvalue weighted by atomic mass is 9.99. The Kier molecular flexibility index (Phi) is 6.27. The van der Waals surface area contributed by atoms with Crippen molar-refractivity contribution in [3.63, 3.8) is 0 Å². The fraction of sp³-hybridized carbons (Fsp3) is 0.333. The lowest BCUT2D eigenvalue weighted by Crippen LogP contribution is -2.16. The van der Waals surface area contributed by atoms with Crippen molar-refractivity contribution in [2.75, 3.05) is 14.2 Å². The second kappa shape index (κ2) is 8.20. The van der Waals surface area contributed by atoms with Gasteiger partial charge in [0.25, 0.3) is 0 Å². The van der Waals surface area contributed by atoms with E-state index in [0.29, 0.717) is 6.04 Å². The van der Waals surface area contributed by atoms with E-state index in [0.717, 1.165) is 23.1 Å².